The Morgan fingerprint density at radius 3 is 2.40 bits per heavy atom. The van der Waals surface area contributed by atoms with Crippen molar-refractivity contribution in [3.05, 3.63) is 71.3 Å². The second-order valence-corrected chi connectivity index (χ2v) is 10.8. The van der Waals surface area contributed by atoms with Gasteiger partial charge < -0.3 is 4.90 Å². The van der Waals surface area contributed by atoms with Crippen molar-refractivity contribution >= 4 is 17.7 Å². The molecule has 6 nitrogen and oxygen atoms in total. The van der Waals surface area contributed by atoms with E-state index in [2.05, 4.69) is 40.2 Å². The Morgan fingerprint density at radius 1 is 0.943 bits per heavy atom. The maximum atomic E-state index is 13.7. The van der Waals surface area contributed by atoms with Crippen LogP contribution in [0.15, 0.2) is 53.7 Å². The zero-order valence-electron chi connectivity index (χ0n) is 20.4. The summed E-state index contributed by atoms with van der Waals surface area (Å²) >= 11 is 1.42. The smallest absolute Gasteiger partial charge is 0.236 e. The molecule has 2 atom stereocenters. The Balaban J connectivity index is 1.39. The molecule has 0 saturated carbocycles. The monoisotopic (exact) mass is 493 g/mol. The largest absolute Gasteiger partial charge is 0.337 e. The number of halogens is 1. The highest BCUT2D eigenvalue weighted by atomic mass is 32.2. The van der Waals surface area contributed by atoms with Crippen LogP contribution in [-0.4, -0.2) is 55.4 Å². The van der Waals surface area contributed by atoms with Crippen LogP contribution in [0.3, 0.4) is 0 Å². The molecule has 2 aliphatic heterocycles. The number of rotatable bonds is 6. The summed E-state index contributed by atoms with van der Waals surface area (Å²) in [4.78, 5) is 17.8. The van der Waals surface area contributed by atoms with Crippen LogP contribution in [-0.2, 0) is 17.8 Å². The highest BCUT2D eigenvalue weighted by Gasteiger charge is 2.29. The first-order chi connectivity index (χ1) is 17.0. The number of thioether (sulfide) groups is 1. The number of nitrogens with zero attached hydrogens (tertiary/aromatic N) is 5. The van der Waals surface area contributed by atoms with E-state index in [0.29, 0.717) is 11.7 Å². The lowest BCUT2D eigenvalue weighted by atomic mass is 10.00. The van der Waals surface area contributed by atoms with Gasteiger partial charge in [0.2, 0.25) is 5.91 Å². The molecule has 1 aromatic heterocycles. The second kappa shape index (κ2) is 10.5. The van der Waals surface area contributed by atoms with E-state index >= 15 is 0 Å². The number of carbonyl (C=O) groups excluding carboxylic acids is 1. The van der Waals surface area contributed by atoms with E-state index in [1.54, 1.807) is 12.1 Å². The molecule has 1 saturated heterocycles. The molecule has 2 aromatic carbocycles. The molecule has 3 heterocycles. The molecule has 1 amide bonds. The molecule has 184 valence electrons. The number of fused-ring (bicyclic) bond motifs is 1. The minimum Gasteiger partial charge on any atom is -0.337 e. The maximum Gasteiger partial charge on any atom is 0.236 e. The SMILES string of the molecule is CC(Sc1nnc(C(C)N2CCCCC2)n1-c1ccc(F)cc1)C(=O)N1CCc2ccccc2C1. The average Bonchev–Trinajstić information content (AvgIpc) is 3.31. The molecule has 0 bridgehead atoms. The van der Waals surface area contributed by atoms with Crippen LogP contribution in [0.5, 0.6) is 0 Å². The van der Waals surface area contributed by atoms with Gasteiger partial charge in [0, 0.05) is 18.8 Å². The summed E-state index contributed by atoms with van der Waals surface area (Å²) < 4.78 is 15.7. The maximum absolute atomic E-state index is 13.7. The highest BCUT2D eigenvalue weighted by molar-refractivity contribution is 8.00. The van der Waals surface area contributed by atoms with Crippen molar-refractivity contribution in [1.82, 2.24) is 24.6 Å². The third-order valence-electron chi connectivity index (χ3n) is 7.13. The van der Waals surface area contributed by atoms with Crippen molar-refractivity contribution in [2.45, 2.75) is 62.5 Å². The van der Waals surface area contributed by atoms with E-state index in [1.807, 2.05) is 22.5 Å². The van der Waals surface area contributed by atoms with Crippen molar-refractivity contribution < 1.29 is 9.18 Å². The molecule has 0 N–H and O–H groups in total. The number of carbonyl (C=O) groups is 1. The van der Waals surface area contributed by atoms with Gasteiger partial charge in [-0.15, -0.1) is 10.2 Å². The first-order valence-electron chi connectivity index (χ1n) is 12.5. The Kier molecular flexibility index (Phi) is 7.20. The van der Waals surface area contributed by atoms with E-state index in [4.69, 9.17) is 0 Å². The topological polar surface area (TPSA) is 54.3 Å². The zero-order valence-corrected chi connectivity index (χ0v) is 21.2. The summed E-state index contributed by atoms with van der Waals surface area (Å²) in [5.74, 6) is 0.645. The third-order valence-corrected chi connectivity index (χ3v) is 8.16. The summed E-state index contributed by atoms with van der Waals surface area (Å²) in [5, 5.41) is 9.44. The third kappa shape index (κ3) is 5.14. The van der Waals surface area contributed by atoms with Crippen LogP contribution in [0, 0.1) is 5.82 Å². The van der Waals surface area contributed by atoms with Crippen LogP contribution in [0.4, 0.5) is 4.39 Å². The fourth-order valence-electron chi connectivity index (χ4n) is 5.08. The number of piperidine rings is 1. The molecule has 35 heavy (non-hydrogen) atoms. The van der Waals surface area contributed by atoms with Crippen molar-refractivity contribution in [1.29, 1.82) is 0 Å². The lowest BCUT2D eigenvalue weighted by Crippen LogP contribution is -2.40. The lowest BCUT2D eigenvalue weighted by Gasteiger charge is -2.32. The lowest BCUT2D eigenvalue weighted by molar-refractivity contribution is -0.131. The number of amides is 1. The fraction of sp³-hybridized carbons (Fsp3) is 0.444. The molecule has 3 aromatic rings. The number of aromatic nitrogens is 3. The Bertz CT molecular complexity index is 1170. The van der Waals surface area contributed by atoms with Crippen LogP contribution < -0.4 is 0 Å². The summed E-state index contributed by atoms with van der Waals surface area (Å²) in [6, 6.07) is 14.8. The van der Waals surface area contributed by atoms with Crippen molar-refractivity contribution in [3.63, 3.8) is 0 Å². The molecule has 0 aliphatic carbocycles. The van der Waals surface area contributed by atoms with Gasteiger partial charge in [0.1, 0.15) is 5.82 Å². The van der Waals surface area contributed by atoms with Gasteiger partial charge in [0.05, 0.1) is 11.3 Å². The van der Waals surface area contributed by atoms with Crippen LogP contribution in [0.1, 0.15) is 56.1 Å². The minimum atomic E-state index is -0.318. The highest BCUT2D eigenvalue weighted by Crippen LogP contribution is 2.32. The van der Waals surface area contributed by atoms with E-state index < -0.39 is 0 Å². The number of hydrogen-bond acceptors (Lipinski definition) is 5. The normalized spacial score (nSPS) is 18.2. The van der Waals surface area contributed by atoms with Crippen LogP contribution in [0.25, 0.3) is 5.69 Å². The van der Waals surface area contributed by atoms with E-state index in [1.165, 1.54) is 54.3 Å². The van der Waals surface area contributed by atoms with E-state index in [-0.39, 0.29) is 23.0 Å². The van der Waals surface area contributed by atoms with Gasteiger partial charge in [0.15, 0.2) is 11.0 Å². The van der Waals surface area contributed by atoms with Gasteiger partial charge in [-0.1, -0.05) is 42.4 Å². The minimum absolute atomic E-state index is 0.0757. The van der Waals surface area contributed by atoms with Crippen molar-refractivity contribution in [2.75, 3.05) is 19.6 Å². The summed E-state index contributed by atoms with van der Waals surface area (Å²) in [5.41, 5.74) is 3.35. The van der Waals surface area contributed by atoms with Gasteiger partial charge in [-0.3, -0.25) is 14.3 Å². The fourth-order valence-corrected chi connectivity index (χ4v) is 6.04. The molecule has 0 radical (unpaired) electrons. The molecule has 0 spiro atoms. The Labute approximate surface area is 210 Å². The van der Waals surface area contributed by atoms with Crippen LogP contribution >= 0.6 is 11.8 Å². The van der Waals surface area contributed by atoms with Gasteiger partial charge in [-0.2, -0.15) is 0 Å². The number of hydrogen-bond donors (Lipinski definition) is 0. The number of benzene rings is 2. The quantitative estimate of drug-likeness (QED) is 0.452. The molecule has 2 aliphatic rings. The molecule has 2 unspecified atom stereocenters. The zero-order chi connectivity index (χ0) is 24.4. The number of likely N-dealkylation sites (tertiary alicyclic amines) is 1. The average molecular weight is 494 g/mol. The van der Waals surface area contributed by atoms with E-state index in [9.17, 15) is 9.18 Å². The summed E-state index contributed by atoms with van der Waals surface area (Å²) in [6.45, 7) is 7.52. The predicted molar refractivity (Wildman–Crippen MR) is 136 cm³/mol. The predicted octanol–water partition coefficient (Wildman–Crippen LogP) is 5.02. The van der Waals surface area contributed by atoms with Crippen molar-refractivity contribution in [2.24, 2.45) is 0 Å². The standard InChI is InChI=1S/C27H32FN5OS/c1-19(31-15-6-3-7-16-31)25-29-30-27(33(25)24-12-10-23(28)11-13-24)35-20(2)26(34)32-17-14-21-8-4-5-9-22(21)18-32/h4-5,8-13,19-20H,3,6-7,14-18H2,1-2H3. The van der Waals surface area contributed by atoms with Gasteiger partial charge >= 0.3 is 0 Å². The molecule has 5 rings (SSSR count). The Morgan fingerprint density at radius 2 is 1.66 bits per heavy atom. The first-order valence-corrected chi connectivity index (χ1v) is 13.4. The first kappa shape index (κ1) is 24.0. The van der Waals surface area contributed by atoms with Crippen LogP contribution in [0.2, 0.25) is 0 Å². The molecular formula is C27H32FN5OS. The van der Waals surface area contributed by atoms with Gasteiger partial charge in [-0.25, -0.2) is 4.39 Å². The van der Waals surface area contributed by atoms with E-state index in [0.717, 1.165) is 37.6 Å². The Hall–Kier alpha value is -2.71. The summed E-state index contributed by atoms with van der Waals surface area (Å²) in [7, 11) is 0. The molecule has 8 heteroatoms. The second-order valence-electron chi connectivity index (χ2n) is 9.46. The van der Waals surface area contributed by atoms with Gasteiger partial charge in [0.25, 0.3) is 0 Å². The summed E-state index contributed by atoms with van der Waals surface area (Å²) in [6.07, 6.45) is 4.50. The van der Waals surface area contributed by atoms with Crippen molar-refractivity contribution in [3.8, 4) is 5.69 Å². The van der Waals surface area contributed by atoms with Gasteiger partial charge in [-0.05, 0) is 81.6 Å². The molecule has 1 fully saturated rings. The molecular weight excluding hydrogens is 461 g/mol.